The van der Waals surface area contributed by atoms with E-state index in [0.717, 1.165) is 29.3 Å². The van der Waals surface area contributed by atoms with Crippen LogP contribution < -0.4 is 16.2 Å². The standard InChI is InChI=1S/C14H20N6/c1-4-12-17-13(19-15)10(2)14(18-12)20(3)9-11-7-5-6-8-16-11/h5-8H,4,9,15H2,1-3H3,(H,17,18,19). The number of hydrogen-bond donors (Lipinski definition) is 2. The number of nitrogens with two attached hydrogens (primary N) is 1. The Balaban J connectivity index is 2.31. The smallest absolute Gasteiger partial charge is 0.148 e. The van der Waals surface area contributed by atoms with Gasteiger partial charge < -0.3 is 10.3 Å². The Kier molecular flexibility index (Phi) is 4.47. The van der Waals surface area contributed by atoms with E-state index in [1.165, 1.54) is 0 Å². The van der Waals surface area contributed by atoms with Gasteiger partial charge in [0.25, 0.3) is 0 Å². The minimum absolute atomic E-state index is 0.666. The summed E-state index contributed by atoms with van der Waals surface area (Å²) >= 11 is 0. The van der Waals surface area contributed by atoms with E-state index in [9.17, 15) is 0 Å². The van der Waals surface area contributed by atoms with Gasteiger partial charge in [-0.25, -0.2) is 15.8 Å². The number of aryl methyl sites for hydroxylation is 1. The van der Waals surface area contributed by atoms with E-state index in [-0.39, 0.29) is 0 Å². The Bertz CT molecular complexity index is 569. The molecule has 2 aromatic rings. The van der Waals surface area contributed by atoms with Gasteiger partial charge in [0, 0.05) is 25.2 Å². The van der Waals surface area contributed by atoms with Crippen LogP contribution in [0.3, 0.4) is 0 Å². The SMILES string of the molecule is CCc1nc(NN)c(C)c(N(C)Cc2ccccn2)n1. The molecule has 0 atom stereocenters. The molecule has 0 spiro atoms. The molecule has 3 N–H and O–H groups in total. The second kappa shape index (κ2) is 6.29. The van der Waals surface area contributed by atoms with Crippen LogP contribution in [0, 0.1) is 6.92 Å². The Labute approximate surface area is 119 Å². The summed E-state index contributed by atoms with van der Waals surface area (Å²) < 4.78 is 0. The van der Waals surface area contributed by atoms with Gasteiger partial charge in [0.05, 0.1) is 12.2 Å². The van der Waals surface area contributed by atoms with Crippen LogP contribution in [0.2, 0.25) is 0 Å². The van der Waals surface area contributed by atoms with E-state index in [1.54, 1.807) is 6.20 Å². The van der Waals surface area contributed by atoms with Gasteiger partial charge in [-0.1, -0.05) is 13.0 Å². The van der Waals surface area contributed by atoms with Crippen molar-refractivity contribution in [2.75, 3.05) is 17.4 Å². The fourth-order valence-corrected chi connectivity index (χ4v) is 2.03. The van der Waals surface area contributed by atoms with Crippen LogP contribution in [0.1, 0.15) is 24.0 Å². The van der Waals surface area contributed by atoms with Crippen LogP contribution in [0.15, 0.2) is 24.4 Å². The first kappa shape index (κ1) is 14.2. The van der Waals surface area contributed by atoms with E-state index in [1.807, 2.05) is 39.1 Å². The summed E-state index contributed by atoms with van der Waals surface area (Å²) in [6, 6.07) is 5.88. The third kappa shape index (κ3) is 3.03. The molecule has 106 valence electrons. The minimum Gasteiger partial charge on any atom is -0.353 e. The van der Waals surface area contributed by atoms with Crippen LogP contribution in [0.25, 0.3) is 0 Å². The van der Waals surface area contributed by atoms with Crippen molar-refractivity contribution in [2.24, 2.45) is 5.84 Å². The summed E-state index contributed by atoms with van der Waals surface area (Å²) in [6.07, 6.45) is 2.56. The molecule has 0 unspecified atom stereocenters. The van der Waals surface area contributed by atoms with Gasteiger partial charge in [0.1, 0.15) is 17.5 Å². The highest BCUT2D eigenvalue weighted by Gasteiger charge is 2.13. The van der Waals surface area contributed by atoms with Crippen molar-refractivity contribution in [2.45, 2.75) is 26.8 Å². The molecule has 0 radical (unpaired) electrons. The maximum atomic E-state index is 5.52. The predicted octanol–water partition coefficient (Wildman–Crippen LogP) is 1.66. The Morgan fingerprint density at radius 2 is 2.10 bits per heavy atom. The van der Waals surface area contributed by atoms with Crippen LogP contribution in [0.4, 0.5) is 11.6 Å². The fourth-order valence-electron chi connectivity index (χ4n) is 2.03. The highest BCUT2D eigenvalue weighted by atomic mass is 15.3. The van der Waals surface area contributed by atoms with Gasteiger partial charge in [-0.15, -0.1) is 0 Å². The minimum atomic E-state index is 0.666. The number of nitrogen functional groups attached to an aromatic ring is 1. The lowest BCUT2D eigenvalue weighted by Crippen LogP contribution is -2.22. The summed E-state index contributed by atoms with van der Waals surface area (Å²) in [4.78, 5) is 15.3. The van der Waals surface area contributed by atoms with Gasteiger partial charge in [0.15, 0.2) is 0 Å². The van der Waals surface area contributed by atoms with Crippen molar-refractivity contribution in [3.63, 3.8) is 0 Å². The average Bonchev–Trinajstić information content (AvgIpc) is 2.48. The van der Waals surface area contributed by atoms with E-state index in [0.29, 0.717) is 12.4 Å². The molecule has 0 saturated carbocycles. The molecule has 2 heterocycles. The number of hydrogen-bond acceptors (Lipinski definition) is 6. The maximum Gasteiger partial charge on any atom is 0.148 e. The summed E-state index contributed by atoms with van der Waals surface area (Å²) in [7, 11) is 1.99. The van der Waals surface area contributed by atoms with Gasteiger partial charge in [-0.3, -0.25) is 4.98 Å². The van der Waals surface area contributed by atoms with E-state index in [4.69, 9.17) is 5.84 Å². The predicted molar refractivity (Wildman–Crippen MR) is 80.3 cm³/mol. The lowest BCUT2D eigenvalue weighted by atomic mass is 10.2. The number of aromatic nitrogens is 3. The number of rotatable bonds is 5. The van der Waals surface area contributed by atoms with Gasteiger partial charge in [-0.05, 0) is 19.1 Å². The average molecular weight is 272 g/mol. The summed E-state index contributed by atoms with van der Waals surface area (Å²) in [5.74, 6) is 7.83. The molecule has 0 aliphatic heterocycles. The van der Waals surface area contributed by atoms with Crippen molar-refractivity contribution in [1.82, 2.24) is 15.0 Å². The molecule has 2 rings (SSSR count). The summed E-state index contributed by atoms with van der Waals surface area (Å²) in [5, 5.41) is 0. The summed E-state index contributed by atoms with van der Waals surface area (Å²) in [6.45, 7) is 4.66. The summed E-state index contributed by atoms with van der Waals surface area (Å²) in [5.41, 5.74) is 4.56. The van der Waals surface area contributed by atoms with Crippen molar-refractivity contribution < 1.29 is 0 Å². The Morgan fingerprint density at radius 3 is 2.70 bits per heavy atom. The van der Waals surface area contributed by atoms with Crippen LogP contribution >= 0.6 is 0 Å². The van der Waals surface area contributed by atoms with Crippen LogP contribution in [-0.2, 0) is 13.0 Å². The largest absolute Gasteiger partial charge is 0.353 e. The molecule has 20 heavy (non-hydrogen) atoms. The molecular formula is C14H20N6. The van der Waals surface area contributed by atoms with Crippen LogP contribution in [-0.4, -0.2) is 22.0 Å². The Hall–Kier alpha value is -2.21. The van der Waals surface area contributed by atoms with Crippen molar-refractivity contribution >= 4 is 11.6 Å². The number of nitrogens with one attached hydrogen (secondary N) is 1. The maximum absolute atomic E-state index is 5.52. The quantitative estimate of drug-likeness (QED) is 0.636. The van der Waals surface area contributed by atoms with Gasteiger partial charge in [-0.2, -0.15) is 0 Å². The topological polar surface area (TPSA) is 80.0 Å². The zero-order valence-corrected chi connectivity index (χ0v) is 12.1. The lowest BCUT2D eigenvalue weighted by Gasteiger charge is -2.21. The highest BCUT2D eigenvalue weighted by Crippen LogP contribution is 2.23. The molecule has 6 heteroatoms. The Morgan fingerprint density at radius 1 is 1.30 bits per heavy atom. The zero-order valence-electron chi connectivity index (χ0n) is 12.1. The molecule has 0 aromatic carbocycles. The first-order chi connectivity index (χ1) is 9.65. The molecule has 0 saturated heterocycles. The van der Waals surface area contributed by atoms with E-state index >= 15 is 0 Å². The molecule has 0 aliphatic carbocycles. The molecule has 2 aromatic heterocycles. The van der Waals surface area contributed by atoms with E-state index in [2.05, 4.69) is 25.3 Å². The van der Waals surface area contributed by atoms with Crippen LogP contribution in [0.5, 0.6) is 0 Å². The second-order valence-corrected chi connectivity index (χ2v) is 4.61. The van der Waals surface area contributed by atoms with Crippen molar-refractivity contribution in [1.29, 1.82) is 0 Å². The number of anilines is 2. The first-order valence-corrected chi connectivity index (χ1v) is 6.60. The third-order valence-electron chi connectivity index (χ3n) is 3.11. The van der Waals surface area contributed by atoms with Gasteiger partial charge in [0.2, 0.25) is 0 Å². The lowest BCUT2D eigenvalue weighted by molar-refractivity contribution is 0.832. The molecule has 0 bridgehead atoms. The molecule has 0 amide bonds. The molecule has 6 nitrogen and oxygen atoms in total. The molecule has 0 fully saturated rings. The first-order valence-electron chi connectivity index (χ1n) is 6.60. The normalized spacial score (nSPS) is 10.4. The van der Waals surface area contributed by atoms with E-state index < -0.39 is 0 Å². The monoisotopic (exact) mass is 272 g/mol. The molecular weight excluding hydrogens is 252 g/mol. The fraction of sp³-hybridized carbons (Fsp3) is 0.357. The third-order valence-corrected chi connectivity index (χ3v) is 3.11. The van der Waals surface area contributed by atoms with Gasteiger partial charge >= 0.3 is 0 Å². The van der Waals surface area contributed by atoms with Crippen molar-refractivity contribution in [3.8, 4) is 0 Å². The van der Waals surface area contributed by atoms with Crippen molar-refractivity contribution in [3.05, 3.63) is 41.5 Å². The number of hydrazine groups is 1. The molecule has 0 aliphatic rings. The highest BCUT2D eigenvalue weighted by molar-refractivity contribution is 5.57. The second-order valence-electron chi connectivity index (χ2n) is 4.61. The zero-order chi connectivity index (χ0) is 14.5. The number of pyridine rings is 1. The number of nitrogens with zero attached hydrogens (tertiary/aromatic N) is 4.